The molecule has 0 aliphatic rings. The summed E-state index contributed by atoms with van der Waals surface area (Å²) in [7, 11) is 1.92. The SMILES string of the molecule is Cc1nn(C)c(C)c1CCNC(=O)c1cncc(N)c1. The Kier molecular flexibility index (Phi) is 4.02. The van der Waals surface area contributed by atoms with E-state index in [-0.39, 0.29) is 5.91 Å². The minimum absolute atomic E-state index is 0.163. The van der Waals surface area contributed by atoms with Gasteiger partial charge in [0.25, 0.3) is 5.91 Å². The van der Waals surface area contributed by atoms with Gasteiger partial charge in [-0.25, -0.2) is 0 Å². The van der Waals surface area contributed by atoms with Crippen LogP contribution in [0.5, 0.6) is 0 Å². The number of anilines is 1. The summed E-state index contributed by atoms with van der Waals surface area (Å²) in [4.78, 5) is 15.8. The topological polar surface area (TPSA) is 85.8 Å². The van der Waals surface area contributed by atoms with Crippen LogP contribution in [0.25, 0.3) is 0 Å². The number of carbonyl (C=O) groups is 1. The van der Waals surface area contributed by atoms with Gasteiger partial charge in [-0.3, -0.25) is 14.5 Å². The highest BCUT2D eigenvalue weighted by molar-refractivity contribution is 5.94. The van der Waals surface area contributed by atoms with Crippen LogP contribution in [0.1, 0.15) is 27.3 Å². The fraction of sp³-hybridized carbons (Fsp3) is 0.357. The van der Waals surface area contributed by atoms with Crippen LogP contribution in [-0.2, 0) is 13.5 Å². The van der Waals surface area contributed by atoms with Crippen molar-refractivity contribution in [3.63, 3.8) is 0 Å². The van der Waals surface area contributed by atoms with Crippen molar-refractivity contribution in [2.75, 3.05) is 12.3 Å². The summed E-state index contributed by atoms with van der Waals surface area (Å²) in [6, 6.07) is 1.61. The summed E-state index contributed by atoms with van der Waals surface area (Å²) in [5, 5.41) is 7.22. The predicted molar refractivity (Wildman–Crippen MR) is 77.4 cm³/mol. The van der Waals surface area contributed by atoms with Gasteiger partial charge in [-0.2, -0.15) is 5.10 Å². The average Bonchev–Trinajstić information content (AvgIpc) is 2.65. The third-order valence-corrected chi connectivity index (χ3v) is 3.34. The normalized spacial score (nSPS) is 10.6. The molecule has 2 rings (SSSR count). The molecule has 0 saturated carbocycles. The zero-order valence-corrected chi connectivity index (χ0v) is 12.0. The Morgan fingerprint density at radius 3 is 2.75 bits per heavy atom. The maximum atomic E-state index is 11.9. The summed E-state index contributed by atoms with van der Waals surface area (Å²) in [5.41, 5.74) is 9.88. The van der Waals surface area contributed by atoms with Gasteiger partial charge >= 0.3 is 0 Å². The van der Waals surface area contributed by atoms with Gasteiger partial charge in [-0.05, 0) is 31.9 Å². The number of hydrogen-bond donors (Lipinski definition) is 2. The Balaban J connectivity index is 1.94. The first kappa shape index (κ1) is 14.0. The highest BCUT2D eigenvalue weighted by Gasteiger charge is 2.10. The minimum atomic E-state index is -0.163. The molecule has 2 aromatic rings. The van der Waals surface area contributed by atoms with Crippen LogP contribution < -0.4 is 11.1 Å². The lowest BCUT2D eigenvalue weighted by Crippen LogP contribution is -2.26. The molecule has 6 nitrogen and oxygen atoms in total. The Labute approximate surface area is 118 Å². The van der Waals surface area contributed by atoms with Crippen LogP contribution in [0.4, 0.5) is 5.69 Å². The van der Waals surface area contributed by atoms with E-state index in [4.69, 9.17) is 5.73 Å². The maximum absolute atomic E-state index is 11.9. The number of nitrogens with one attached hydrogen (secondary N) is 1. The molecular formula is C14H19N5O. The van der Waals surface area contributed by atoms with Gasteiger partial charge < -0.3 is 11.1 Å². The number of aromatic nitrogens is 3. The van der Waals surface area contributed by atoms with Gasteiger partial charge in [0, 0.05) is 31.7 Å². The van der Waals surface area contributed by atoms with Gasteiger partial charge in [0.1, 0.15) is 0 Å². The Morgan fingerprint density at radius 1 is 1.40 bits per heavy atom. The number of rotatable bonds is 4. The van der Waals surface area contributed by atoms with Crippen molar-refractivity contribution in [1.82, 2.24) is 20.1 Å². The second-order valence-electron chi connectivity index (χ2n) is 4.79. The molecule has 0 bridgehead atoms. The summed E-state index contributed by atoms with van der Waals surface area (Å²) in [6.45, 7) is 4.56. The van der Waals surface area contributed by atoms with E-state index in [0.29, 0.717) is 17.8 Å². The highest BCUT2D eigenvalue weighted by Crippen LogP contribution is 2.12. The van der Waals surface area contributed by atoms with Crippen molar-refractivity contribution in [1.29, 1.82) is 0 Å². The molecule has 0 atom stereocenters. The van der Waals surface area contributed by atoms with Crippen LogP contribution in [0.3, 0.4) is 0 Å². The monoisotopic (exact) mass is 273 g/mol. The molecule has 0 unspecified atom stereocenters. The summed E-state index contributed by atoms with van der Waals surface area (Å²) in [5.74, 6) is -0.163. The summed E-state index contributed by atoms with van der Waals surface area (Å²) < 4.78 is 1.86. The number of aryl methyl sites for hydroxylation is 2. The average molecular weight is 273 g/mol. The highest BCUT2D eigenvalue weighted by atomic mass is 16.1. The van der Waals surface area contributed by atoms with E-state index in [2.05, 4.69) is 15.4 Å². The number of amides is 1. The van der Waals surface area contributed by atoms with E-state index >= 15 is 0 Å². The molecular weight excluding hydrogens is 254 g/mol. The molecule has 0 saturated heterocycles. The number of hydrogen-bond acceptors (Lipinski definition) is 4. The molecule has 0 fully saturated rings. The van der Waals surface area contributed by atoms with Gasteiger partial charge in [0.2, 0.25) is 0 Å². The largest absolute Gasteiger partial charge is 0.397 e. The second kappa shape index (κ2) is 5.73. The fourth-order valence-corrected chi connectivity index (χ4v) is 2.16. The van der Waals surface area contributed by atoms with Crippen LogP contribution in [-0.4, -0.2) is 27.2 Å². The van der Waals surface area contributed by atoms with Crippen LogP contribution >= 0.6 is 0 Å². The zero-order chi connectivity index (χ0) is 14.7. The Hall–Kier alpha value is -2.37. The fourth-order valence-electron chi connectivity index (χ4n) is 2.16. The van der Waals surface area contributed by atoms with Gasteiger partial charge in [-0.1, -0.05) is 0 Å². The number of pyridine rings is 1. The Morgan fingerprint density at radius 2 is 2.15 bits per heavy atom. The van der Waals surface area contributed by atoms with Crippen molar-refractivity contribution in [2.45, 2.75) is 20.3 Å². The van der Waals surface area contributed by atoms with Crippen LogP contribution in [0.15, 0.2) is 18.5 Å². The van der Waals surface area contributed by atoms with E-state index in [1.54, 1.807) is 6.07 Å². The quantitative estimate of drug-likeness (QED) is 0.869. The lowest BCUT2D eigenvalue weighted by atomic mass is 10.1. The van der Waals surface area contributed by atoms with E-state index in [1.807, 2.05) is 25.6 Å². The van der Waals surface area contributed by atoms with Crippen LogP contribution in [0, 0.1) is 13.8 Å². The Bertz CT molecular complexity index is 632. The van der Waals surface area contributed by atoms with E-state index in [1.165, 1.54) is 18.0 Å². The third-order valence-electron chi connectivity index (χ3n) is 3.34. The lowest BCUT2D eigenvalue weighted by molar-refractivity contribution is 0.0954. The molecule has 6 heteroatoms. The van der Waals surface area contributed by atoms with Gasteiger partial charge in [0.05, 0.1) is 16.9 Å². The molecule has 106 valence electrons. The maximum Gasteiger partial charge on any atom is 0.252 e. The lowest BCUT2D eigenvalue weighted by Gasteiger charge is -2.06. The first-order valence-electron chi connectivity index (χ1n) is 6.47. The van der Waals surface area contributed by atoms with Gasteiger partial charge in [-0.15, -0.1) is 0 Å². The minimum Gasteiger partial charge on any atom is -0.397 e. The number of nitrogens with two attached hydrogens (primary N) is 1. The number of nitrogen functional groups attached to an aromatic ring is 1. The van der Waals surface area contributed by atoms with Crippen molar-refractivity contribution in [3.8, 4) is 0 Å². The van der Waals surface area contributed by atoms with Crippen LogP contribution in [0.2, 0.25) is 0 Å². The first-order valence-corrected chi connectivity index (χ1v) is 6.47. The van der Waals surface area contributed by atoms with Crippen molar-refractivity contribution in [2.24, 2.45) is 7.05 Å². The van der Waals surface area contributed by atoms with E-state index in [9.17, 15) is 4.79 Å². The molecule has 2 heterocycles. The number of carbonyl (C=O) groups excluding carboxylic acids is 1. The smallest absolute Gasteiger partial charge is 0.252 e. The summed E-state index contributed by atoms with van der Waals surface area (Å²) >= 11 is 0. The second-order valence-corrected chi connectivity index (χ2v) is 4.79. The van der Waals surface area contributed by atoms with Crippen molar-refractivity contribution < 1.29 is 4.79 Å². The van der Waals surface area contributed by atoms with Gasteiger partial charge in [0.15, 0.2) is 0 Å². The molecule has 2 aromatic heterocycles. The molecule has 3 N–H and O–H groups in total. The summed E-state index contributed by atoms with van der Waals surface area (Å²) in [6.07, 6.45) is 3.78. The molecule has 0 aliphatic carbocycles. The van der Waals surface area contributed by atoms with E-state index < -0.39 is 0 Å². The molecule has 1 amide bonds. The van der Waals surface area contributed by atoms with Crippen molar-refractivity contribution in [3.05, 3.63) is 41.0 Å². The molecule has 0 aromatic carbocycles. The third kappa shape index (κ3) is 2.96. The zero-order valence-electron chi connectivity index (χ0n) is 12.0. The first-order chi connectivity index (χ1) is 9.49. The van der Waals surface area contributed by atoms with Crippen molar-refractivity contribution >= 4 is 11.6 Å². The molecule has 0 radical (unpaired) electrons. The number of nitrogens with zero attached hydrogens (tertiary/aromatic N) is 3. The molecule has 0 spiro atoms. The molecule has 20 heavy (non-hydrogen) atoms. The standard InChI is InChI=1S/C14H19N5O/c1-9-13(10(2)19(3)18-9)4-5-17-14(20)11-6-12(15)8-16-7-11/h6-8H,4-5,15H2,1-3H3,(H,17,20). The predicted octanol–water partition coefficient (Wildman–Crippen LogP) is 0.987. The van der Waals surface area contributed by atoms with E-state index in [0.717, 1.165) is 17.8 Å². The molecule has 0 aliphatic heterocycles.